The summed E-state index contributed by atoms with van der Waals surface area (Å²) in [4.78, 5) is 22.9. The second-order valence-corrected chi connectivity index (χ2v) is 5.48. The van der Waals surface area contributed by atoms with Crippen LogP contribution in [0.15, 0.2) is 18.2 Å². The summed E-state index contributed by atoms with van der Waals surface area (Å²) in [6.45, 7) is 0.0386. The smallest absolute Gasteiger partial charge is 0.272 e. The second kappa shape index (κ2) is 6.37. The fourth-order valence-corrected chi connectivity index (χ4v) is 2.63. The molecule has 0 saturated carbocycles. The molecule has 1 aliphatic heterocycles. The van der Waals surface area contributed by atoms with Gasteiger partial charge in [0.25, 0.3) is 5.69 Å². The molecule has 2 rings (SSSR count). The van der Waals surface area contributed by atoms with E-state index in [-0.39, 0.29) is 30.6 Å². The van der Waals surface area contributed by atoms with Crippen LogP contribution in [0.25, 0.3) is 0 Å². The standard InChI is InChI=1S/C14H17FN2O5/c15-12-7-10(17(21)22)1-2-13(12)16-5-3-14(20,4-6-16)8-11(19)9-18/h1-2,7,18,20H,3-6,8-9H2. The fraction of sp³-hybridized carbons (Fsp3) is 0.500. The number of aliphatic hydroxyl groups excluding tert-OH is 1. The van der Waals surface area contributed by atoms with E-state index in [4.69, 9.17) is 5.11 Å². The van der Waals surface area contributed by atoms with E-state index in [1.54, 1.807) is 4.90 Å². The van der Waals surface area contributed by atoms with E-state index >= 15 is 0 Å². The molecule has 8 heteroatoms. The van der Waals surface area contributed by atoms with Crippen molar-refractivity contribution in [1.29, 1.82) is 0 Å². The average molecular weight is 312 g/mol. The number of benzene rings is 1. The van der Waals surface area contributed by atoms with Crippen LogP contribution >= 0.6 is 0 Å². The number of piperidine rings is 1. The maximum atomic E-state index is 14.0. The summed E-state index contributed by atoms with van der Waals surface area (Å²) in [5, 5.41) is 29.6. The summed E-state index contributed by atoms with van der Waals surface area (Å²) in [7, 11) is 0. The number of nitro benzene ring substituents is 1. The number of halogens is 1. The highest BCUT2D eigenvalue weighted by Crippen LogP contribution is 2.31. The third kappa shape index (κ3) is 3.58. The highest BCUT2D eigenvalue weighted by Gasteiger charge is 2.34. The van der Waals surface area contributed by atoms with Crippen LogP contribution in [0.5, 0.6) is 0 Å². The number of carbonyl (C=O) groups excluding carboxylic acids is 1. The minimum absolute atomic E-state index is 0.125. The molecule has 1 fully saturated rings. The number of nitrogens with zero attached hydrogens (tertiary/aromatic N) is 2. The number of carbonyl (C=O) groups is 1. The molecule has 7 nitrogen and oxygen atoms in total. The summed E-state index contributed by atoms with van der Waals surface area (Å²) in [5.74, 6) is -1.12. The lowest BCUT2D eigenvalue weighted by atomic mass is 9.86. The molecule has 0 aliphatic carbocycles. The Morgan fingerprint density at radius 3 is 2.55 bits per heavy atom. The number of Topliss-reactive ketones (excluding diaryl/α,β-unsaturated/α-hetero) is 1. The van der Waals surface area contributed by atoms with Gasteiger partial charge in [-0.05, 0) is 18.9 Å². The molecule has 0 bridgehead atoms. The van der Waals surface area contributed by atoms with Gasteiger partial charge in [0.1, 0.15) is 6.61 Å². The zero-order valence-corrected chi connectivity index (χ0v) is 11.9. The first-order valence-corrected chi connectivity index (χ1v) is 6.88. The Labute approximate surface area is 126 Å². The quantitative estimate of drug-likeness (QED) is 0.621. The zero-order valence-electron chi connectivity index (χ0n) is 11.9. The number of ketones is 1. The van der Waals surface area contributed by atoms with Gasteiger partial charge in [0.15, 0.2) is 11.6 Å². The predicted octanol–water partition coefficient (Wildman–Crippen LogP) is 1.02. The number of anilines is 1. The molecule has 22 heavy (non-hydrogen) atoms. The Morgan fingerprint density at radius 2 is 2.05 bits per heavy atom. The molecule has 1 heterocycles. The zero-order chi connectivity index (χ0) is 16.3. The van der Waals surface area contributed by atoms with Crippen LogP contribution in [0.1, 0.15) is 19.3 Å². The number of rotatable bonds is 5. The van der Waals surface area contributed by atoms with Gasteiger partial charge in [-0.25, -0.2) is 4.39 Å². The van der Waals surface area contributed by atoms with Crippen LogP contribution in [0, 0.1) is 15.9 Å². The molecule has 1 aromatic rings. The lowest BCUT2D eigenvalue weighted by Gasteiger charge is -2.39. The molecular weight excluding hydrogens is 295 g/mol. The van der Waals surface area contributed by atoms with Crippen LogP contribution in [0.2, 0.25) is 0 Å². The van der Waals surface area contributed by atoms with Crippen molar-refractivity contribution < 1.29 is 24.3 Å². The van der Waals surface area contributed by atoms with E-state index in [9.17, 15) is 24.4 Å². The molecule has 0 radical (unpaired) electrons. The number of non-ortho nitro benzene ring substituents is 1. The normalized spacial score (nSPS) is 17.3. The van der Waals surface area contributed by atoms with Gasteiger partial charge in [0, 0.05) is 25.6 Å². The van der Waals surface area contributed by atoms with Gasteiger partial charge in [-0.15, -0.1) is 0 Å². The van der Waals surface area contributed by atoms with Crippen molar-refractivity contribution in [3.8, 4) is 0 Å². The molecule has 120 valence electrons. The molecule has 1 aliphatic rings. The van der Waals surface area contributed by atoms with Crippen molar-refractivity contribution in [1.82, 2.24) is 0 Å². The summed E-state index contributed by atoms with van der Waals surface area (Å²) < 4.78 is 14.0. The third-order valence-corrected chi connectivity index (χ3v) is 3.88. The predicted molar refractivity (Wildman–Crippen MR) is 76.2 cm³/mol. The molecule has 0 amide bonds. The van der Waals surface area contributed by atoms with Gasteiger partial charge in [-0.2, -0.15) is 0 Å². The van der Waals surface area contributed by atoms with Crippen LogP contribution in [0.4, 0.5) is 15.8 Å². The largest absolute Gasteiger partial charge is 0.389 e. The van der Waals surface area contributed by atoms with Gasteiger partial charge in [0.2, 0.25) is 0 Å². The van der Waals surface area contributed by atoms with Crippen LogP contribution in [-0.2, 0) is 4.79 Å². The topological polar surface area (TPSA) is 104 Å². The number of hydrogen-bond acceptors (Lipinski definition) is 6. The molecule has 0 unspecified atom stereocenters. The monoisotopic (exact) mass is 312 g/mol. The lowest BCUT2D eigenvalue weighted by Crippen LogP contribution is -2.46. The van der Waals surface area contributed by atoms with Crippen LogP contribution in [0.3, 0.4) is 0 Å². The van der Waals surface area contributed by atoms with E-state index in [1.807, 2.05) is 0 Å². The van der Waals surface area contributed by atoms with Gasteiger partial charge in [0.05, 0.1) is 22.3 Å². The summed E-state index contributed by atoms with van der Waals surface area (Å²) in [6, 6.07) is 3.44. The first kappa shape index (κ1) is 16.3. The van der Waals surface area contributed by atoms with Crippen molar-refractivity contribution in [3.05, 3.63) is 34.1 Å². The van der Waals surface area contributed by atoms with Crippen molar-refractivity contribution in [2.24, 2.45) is 0 Å². The van der Waals surface area contributed by atoms with E-state index in [0.717, 1.165) is 6.07 Å². The van der Waals surface area contributed by atoms with Crippen molar-refractivity contribution in [3.63, 3.8) is 0 Å². The number of nitro groups is 1. The van der Waals surface area contributed by atoms with Crippen molar-refractivity contribution >= 4 is 17.2 Å². The molecule has 0 spiro atoms. The van der Waals surface area contributed by atoms with E-state index < -0.39 is 28.7 Å². The fourth-order valence-electron chi connectivity index (χ4n) is 2.63. The number of hydrogen-bond donors (Lipinski definition) is 2. The Bertz CT molecular complexity index is 585. The molecule has 2 N–H and O–H groups in total. The Hall–Kier alpha value is -2.06. The summed E-state index contributed by atoms with van der Waals surface area (Å²) in [6.07, 6.45) is 0.393. The van der Waals surface area contributed by atoms with E-state index in [1.165, 1.54) is 12.1 Å². The highest BCUT2D eigenvalue weighted by atomic mass is 19.1. The summed E-state index contributed by atoms with van der Waals surface area (Å²) >= 11 is 0. The minimum atomic E-state index is -1.19. The maximum absolute atomic E-state index is 14.0. The molecule has 1 saturated heterocycles. The molecule has 1 aromatic carbocycles. The molecule has 0 aromatic heterocycles. The lowest BCUT2D eigenvalue weighted by molar-refractivity contribution is -0.385. The van der Waals surface area contributed by atoms with Crippen molar-refractivity contribution in [2.75, 3.05) is 24.6 Å². The van der Waals surface area contributed by atoms with Gasteiger partial charge in [-0.1, -0.05) is 0 Å². The Kier molecular flexibility index (Phi) is 4.72. The van der Waals surface area contributed by atoms with Gasteiger partial charge >= 0.3 is 0 Å². The maximum Gasteiger partial charge on any atom is 0.272 e. The first-order chi connectivity index (χ1) is 10.3. The average Bonchev–Trinajstić information content (AvgIpc) is 2.48. The summed E-state index contributed by atoms with van der Waals surface area (Å²) in [5.41, 5.74) is -1.27. The van der Waals surface area contributed by atoms with Gasteiger partial charge < -0.3 is 15.1 Å². The molecular formula is C14H17FN2O5. The third-order valence-electron chi connectivity index (χ3n) is 3.88. The SMILES string of the molecule is O=C(CO)CC1(O)CCN(c2ccc([N+](=O)[O-])cc2F)CC1. The number of aliphatic hydroxyl groups is 2. The van der Waals surface area contributed by atoms with Crippen LogP contribution in [-0.4, -0.2) is 46.2 Å². The van der Waals surface area contributed by atoms with Crippen molar-refractivity contribution in [2.45, 2.75) is 24.9 Å². The minimum Gasteiger partial charge on any atom is -0.389 e. The second-order valence-electron chi connectivity index (χ2n) is 5.48. The highest BCUT2D eigenvalue weighted by molar-refractivity contribution is 5.80. The Balaban J connectivity index is 2.05. The van der Waals surface area contributed by atoms with Gasteiger partial charge in [-0.3, -0.25) is 14.9 Å². The van der Waals surface area contributed by atoms with E-state index in [0.29, 0.717) is 13.1 Å². The first-order valence-electron chi connectivity index (χ1n) is 6.88. The Morgan fingerprint density at radius 1 is 1.41 bits per heavy atom. The van der Waals surface area contributed by atoms with Crippen LogP contribution < -0.4 is 4.90 Å². The van der Waals surface area contributed by atoms with E-state index in [2.05, 4.69) is 0 Å². The molecule has 0 atom stereocenters.